The van der Waals surface area contributed by atoms with Crippen molar-refractivity contribution in [2.75, 3.05) is 5.88 Å². The Balaban J connectivity index is -0.000000126. The Morgan fingerprint density at radius 2 is 1.50 bits per heavy atom. The monoisotopic (exact) mass is 200 g/mol. The van der Waals surface area contributed by atoms with Crippen LogP contribution in [-0.4, -0.2) is 5.88 Å². The molecule has 0 aromatic rings. The summed E-state index contributed by atoms with van der Waals surface area (Å²) in [5, 5.41) is 0. The van der Waals surface area contributed by atoms with E-state index in [0.29, 0.717) is 0 Å². The first kappa shape index (κ1) is 19.0. The van der Waals surface area contributed by atoms with Gasteiger partial charge >= 0.3 is 29.6 Å². The molecule has 0 fully saturated rings. The summed E-state index contributed by atoms with van der Waals surface area (Å²) in [4.78, 5) is 0. The number of alkyl halides is 1. The van der Waals surface area contributed by atoms with Gasteiger partial charge in [0.2, 0.25) is 0 Å². The second-order valence-electron chi connectivity index (χ2n) is 2.60. The SMILES string of the molecule is CCCCCCl.[CH2-]CCCC.[Na+]. The van der Waals surface area contributed by atoms with Crippen LogP contribution in [0.1, 0.15) is 52.4 Å². The maximum absolute atomic E-state index is 5.38. The molecular formula is C10H22ClNa. The molecule has 0 aliphatic rings. The van der Waals surface area contributed by atoms with E-state index in [2.05, 4.69) is 20.8 Å². The van der Waals surface area contributed by atoms with Crippen LogP contribution >= 0.6 is 11.6 Å². The summed E-state index contributed by atoms with van der Waals surface area (Å²) in [5.74, 6) is 0.827. The van der Waals surface area contributed by atoms with Crippen LogP contribution in [0.5, 0.6) is 0 Å². The molecule has 0 saturated carbocycles. The van der Waals surface area contributed by atoms with Gasteiger partial charge in [0, 0.05) is 5.88 Å². The molecule has 0 rings (SSSR count). The van der Waals surface area contributed by atoms with Gasteiger partial charge in [-0.15, -0.1) is 11.6 Å². The van der Waals surface area contributed by atoms with Crippen molar-refractivity contribution in [3.63, 3.8) is 0 Å². The molecule has 0 N–H and O–H groups in total. The Hall–Kier alpha value is 1.29. The molecule has 0 bridgehead atoms. The zero-order valence-electron chi connectivity index (χ0n) is 9.03. The Kier molecular flexibility index (Phi) is 36.0. The predicted molar refractivity (Wildman–Crippen MR) is 55.1 cm³/mol. The zero-order valence-corrected chi connectivity index (χ0v) is 11.8. The van der Waals surface area contributed by atoms with Crippen LogP contribution in [0.15, 0.2) is 0 Å². The third kappa shape index (κ3) is 30.2. The quantitative estimate of drug-likeness (QED) is 0.273. The van der Waals surface area contributed by atoms with Gasteiger partial charge in [-0.05, 0) is 6.42 Å². The Morgan fingerprint density at radius 3 is 1.58 bits per heavy atom. The van der Waals surface area contributed by atoms with Gasteiger partial charge in [0.1, 0.15) is 0 Å². The summed E-state index contributed by atoms with van der Waals surface area (Å²) in [6.45, 7) is 8.02. The number of halogens is 1. The minimum Gasteiger partial charge on any atom is -0.343 e. The molecule has 0 unspecified atom stereocenters. The summed E-state index contributed by atoms with van der Waals surface area (Å²) in [6, 6.07) is 0. The van der Waals surface area contributed by atoms with Crippen molar-refractivity contribution in [2.45, 2.75) is 52.4 Å². The van der Waals surface area contributed by atoms with Crippen LogP contribution in [0.25, 0.3) is 0 Å². The fourth-order valence-corrected chi connectivity index (χ4v) is 0.783. The molecule has 0 heterocycles. The van der Waals surface area contributed by atoms with Gasteiger partial charge in [0.05, 0.1) is 0 Å². The van der Waals surface area contributed by atoms with Gasteiger partial charge in [-0.1, -0.05) is 39.5 Å². The van der Waals surface area contributed by atoms with Crippen molar-refractivity contribution in [2.24, 2.45) is 0 Å². The largest absolute Gasteiger partial charge is 1.00 e. The maximum Gasteiger partial charge on any atom is 1.00 e. The molecular weight excluding hydrogens is 179 g/mol. The van der Waals surface area contributed by atoms with E-state index >= 15 is 0 Å². The molecule has 0 aromatic carbocycles. The average Bonchev–Trinajstić information content (AvgIpc) is 2.04. The smallest absolute Gasteiger partial charge is 0.343 e. The molecule has 0 spiro atoms. The van der Waals surface area contributed by atoms with E-state index in [9.17, 15) is 0 Å². The Bertz CT molecular complexity index is 43.1. The van der Waals surface area contributed by atoms with E-state index in [1.807, 2.05) is 0 Å². The first-order chi connectivity index (χ1) is 5.33. The van der Waals surface area contributed by atoms with Crippen molar-refractivity contribution in [1.29, 1.82) is 0 Å². The standard InChI is InChI=1S/C5H11Cl.C5H11.Na/c1-2-3-4-5-6;1-3-5-4-2;/h2-5H2,1H3;1,3-5H2,2H3;/q;-1;+1. The molecule has 0 radical (unpaired) electrons. The second-order valence-corrected chi connectivity index (χ2v) is 2.98. The van der Waals surface area contributed by atoms with Crippen molar-refractivity contribution in [3.05, 3.63) is 6.92 Å². The maximum atomic E-state index is 5.38. The van der Waals surface area contributed by atoms with E-state index in [-0.39, 0.29) is 29.6 Å². The van der Waals surface area contributed by atoms with Crippen LogP contribution in [0, 0.1) is 6.92 Å². The van der Waals surface area contributed by atoms with Gasteiger partial charge in [-0.25, -0.2) is 0 Å². The van der Waals surface area contributed by atoms with Gasteiger partial charge in [-0.2, -0.15) is 6.42 Å². The van der Waals surface area contributed by atoms with Gasteiger partial charge in [-0.3, -0.25) is 0 Å². The van der Waals surface area contributed by atoms with Crippen molar-refractivity contribution < 1.29 is 29.6 Å². The molecule has 2 heteroatoms. The predicted octanol–water partition coefficient (Wildman–Crippen LogP) is 1.43. The van der Waals surface area contributed by atoms with Crippen LogP contribution in [0.3, 0.4) is 0 Å². The molecule has 0 aliphatic carbocycles. The minimum absolute atomic E-state index is 0. The molecule has 0 atom stereocenters. The van der Waals surface area contributed by atoms with Crippen LogP contribution in [0.2, 0.25) is 0 Å². The molecule has 0 aliphatic heterocycles. The normalized spacial score (nSPS) is 8.00. The van der Waals surface area contributed by atoms with E-state index in [1.165, 1.54) is 32.1 Å². The summed E-state index contributed by atoms with van der Waals surface area (Å²) in [7, 11) is 0. The zero-order chi connectivity index (χ0) is 8.95. The van der Waals surface area contributed by atoms with E-state index in [0.717, 1.165) is 12.3 Å². The molecule has 0 nitrogen and oxygen atoms in total. The fraction of sp³-hybridized carbons (Fsp3) is 0.900. The first-order valence-corrected chi connectivity index (χ1v) is 5.22. The third-order valence-electron chi connectivity index (χ3n) is 1.34. The number of unbranched alkanes of at least 4 members (excludes halogenated alkanes) is 4. The summed E-state index contributed by atoms with van der Waals surface area (Å²) in [6.07, 6.45) is 7.38. The van der Waals surface area contributed by atoms with E-state index in [4.69, 9.17) is 11.6 Å². The van der Waals surface area contributed by atoms with Crippen LogP contribution in [0.4, 0.5) is 0 Å². The van der Waals surface area contributed by atoms with Gasteiger partial charge < -0.3 is 6.92 Å². The third-order valence-corrected chi connectivity index (χ3v) is 1.61. The number of rotatable bonds is 5. The minimum atomic E-state index is 0. The fourth-order valence-electron chi connectivity index (χ4n) is 0.594. The number of hydrogen-bond acceptors (Lipinski definition) is 0. The van der Waals surface area contributed by atoms with E-state index < -0.39 is 0 Å². The average molecular weight is 201 g/mol. The van der Waals surface area contributed by atoms with Crippen LogP contribution in [-0.2, 0) is 0 Å². The Morgan fingerprint density at radius 1 is 1.00 bits per heavy atom. The van der Waals surface area contributed by atoms with E-state index in [1.54, 1.807) is 0 Å². The second kappa shape index (κ2) is 22.8. The van der Waals surface area contributed by atoms with Crippen molar-refractivity contribution >= 4 is 11.6 Å². The van der Waals surface area contributed by atoms with Crippen LogP contribution < -0.4 is 29.6 Å². The molecule has 0 saturated heterocycles. The van der Waals surface area contributed by atoms with Crippen molar-refractivity contribution in [3.8, 4) is 0 Å². The summed E-state index contributed by atoms with van der Waals surface area (Å²) in [5.41, 5.74) is 0. The molecule has 0 aromatic heterocycles. The summed E-state index contributed by atoms with van der Waals surface area (Å²) < 4.78 is 0. The first-order valence-electron chi connectivity index (χ1n) is 4.68. The van der Waals surface area contributed by atoms with Crippen molar-refractivity contribution in [1.82, 2.24) is 0 Å². The molecule has 70 valence electrons. The number of hydrogen-bond donors (Lipinski definition) is 0. The van der Waals surface area contributed by atoms with Gasteiger partial charge in [0.15, 0.2) is 0 Å². The molecule has 12 heavy (non-hydrogen) atoms. The summed E-state index contributed by atoms with van der Waals surface area (Å²) >= 11 is 5.38. The topological polar surface area (TPSA) is 0 Å². The van der Waals surface area contributed by atoms with Gasteiger partial charge in [0.25, 0.3) is 0 Å². The Labute approximate surface area is 106 Å². The molecule has 0 amide bonds.